The van der Waals surface area contributed by atoms with E-state index in [1.54, 1.807) is 0 Å². The Hall–Kier alpha value is -0.120. The quantitative estimate of drug-likeness (QED) is 0.841. The van der Waals surface area contributed by atoms with Crippen LogP contribution in [0.3, 0.4) is 0 Å². The van der Waals surface area contributed by atoms with E-state index >= 15 is 0 Å². The van der Waals surface area contributed by atoms with E-state index in [-0.39, 0.29) is 0 Å². The van der Waals surface area contributed by atoms with Crippen molar-refractivity contribution in [2.75, 3.05) is 33.2 Å². The molecule has 0 spiro atoms. The van der Waals surface area contributed by atoms with Crippen LogP contribution in [0.15, 0.2) is 0 Å². The van der Waals surface area contributed by atoms with Gasteiger partial charge in [-0.3, -0.25) is 0 Å². The lowest BCUT2D eigenvalue weighted by Crippen LogP contribution is -2.51. The highest BCUT2D eigenvalue weighted by molar-refractivity contribution is 4.91. The zero-order valence-electron chi connectivity index (χ0n) is 12.8. The molecular weight excluding hydrogens is 234 g/mol. The van der Waals surface area contributed by atoms with E-state index in [1.165, 1.54) is 64.7 Å². The van der Waals surface area contributed by atoms with Gasteiger partial charge in [-0.15, -0.1) is 0 Å². The lowest BCUT2D eigenvalue weighted by molar-refractivity contribution is 0.135. The SMILES string of the molecule is CC(NC1CCN2CCCC2C1)C1CCCN(C)C1. The second kappa shape index (κ2) is 6.11. The van der Waals surface area contributed by atoms with Crippen molar-refractivity contribution in [3.05, 3.63) is 0 Å². The molecule has 0 aromatic rings. The molecule has 0 aromatic carbocycles. The summed E-state index contributed by atoms with van der Waals surface area (Å²) in [6.07, 6.45) is 8.43. The van der Waals surface area contributed by atoms with E-state index in [1.807, 2.05) is 0 Å². The zero-order valence-corrected chi connectivity index (χ0v) is 12.8. The standard InChI is InChI=1S/C16H31N3/c1-13(14-5-3-8-18(2)12-14)17-15-7-10-19-9-4-6-16(19)11-15/h13-17H,3-12H2,1-2H3. The van der Waals surface area contributed by atoms with Crippen LogP contribution in [-0.4, -0.2) is 61.2 Å². The highest BCUT2D eigenvalue weighted by Gasteiger charge is 2.33. The number of hydrogen-bond acceptors (Lipinski definition) is 3. The lowest BCUT2D eigenvalue weighted by Gasteiger charge is -2.39. The van der Waals surface area contributed by atoms with Crippen LogP contribution in [-0.2, 0) is 0 Å². The molecule has 3 aliphatic heterocycles. The molecule has 19 heavy (non-hydrogen) atoms. The van der Waals surface area contributed by atoms with Gasteiger partial charge in [-0.2, -0.15) is 0 Å². The third-order valence-corrected chi connectivity index (χ3v) is 5.69. The molecule has 3 saturated heterocycles. The van der Waals surface area contributed by atoms with Crippen LogP contribution in [0.2, 0.25) is 0 Å². The molecule has 0 bridgehead atoms. The molecule has 3 heteroatoms. The Morgan fingerprint density at radius 3 is 2.74 bits per heavy atom. The van der Waals surface area contributed by atoms with Gasteiger partial charge in [0, 0.05) is 24.7 Å². The van der Waals surface area contributed by atoms with Gasteiger partial charge < -0.3 is 15.1 Å². The third-order valence-electron chi connectivity index (χ3n) is 5.69. The van der Waals surface area contributed by atoms with Crippen molar-refractivity contribution in [3.8, 4) is 0 Å². The molecular formula is C16H31N3. The van der Waals surface area contributed by atoms with Gasteiger partial charge >= 0.3 is 0 Å². The number of piperidine rings is 2. The molecule has 0 radical (unpaired) electrons. The predicted octanol–water partition coefficient (Wildman–Crippen LogP) is 1.93. The normalized spacial score (nSPS) is 39.2. The van der Waals surface area contributed by atoms with Gasteiger partial charge in [0.2, 0.25) is 0 Å². The first-order valence-corrected chi connectivity index (χ1v) is 8.41. The minimum absolute atomic E-state index is 0.695. The summed E-state index contributed by atoms with van der Waals surface area (Å²) in [6.45, 7) is 7.70. The van der Waals surface area contributed by atoms with Gasteiger partial charge in [-0.1, -0.05) is 0 Å². The predicted molar refractivity (Wildman–Crippen MR) is 80.4 cm³/mol. The van der Waals surface area contributed by atoms with Crippen molar-refractivity contribution >= 4 is 0 Å². The Bertz CT molecular complexity index is 294. The monoisotopic (exact) mass is 265 g/mol. The number of likely N-dealkylation sites (tertiary alicyclic amines) is 1. The molecule has 0 aliphatic carbocycles. The molecule has 3 aliphatic rings. The molecule has 3 nitrogen and oxygen atoms in total. The first-order valence-electron chi connectivity index (χ1n) is 8.41. The number of nitrogens with one attached hydrogen (secondary N) is 1. The molecule has 0 aromatic heterocycles. The Morgan fingerprint density at radius 2 is 1.89 bits per heavy atom. The zero-order chi connectivity index (χ0) is 13.2. The molecule has 3 rings (SSSR count). The maximum atomic E-state index is 3.97. The Labute approximate surface area is 118 Å². The van der Waals surface area contributed by atoms with Crippen LogP contribution >= 0.6 is 0 Å². The van der Waals surface area contributed by atoms with E-state index in [0.29, 0.717) is 6.04 Å². The Kier molecular flexibility index (Phi) is 4.45. The first-order chi connectivity index (χ1) is 9.22. The summed E-state index contributed by atoms with van der Waals surface area (Å²) in [6, 6.07) is 2.37. The van der Waals surface area contributed by atoms with Crippen molar-refractivity contribution in [3.63, 3.8) is 0 Å². The highest BCUT2D eigenvalue weighted by Crippen LogP contribution is 2.28. The number of nitrogens with zero attached hydrogens (tertiary/aromatic N) is 2. The average Bonchev–Trinajstić information content (AvgIpc) is 2.86. The minimum Gasteiger partial charge on any atom is -0.311 e. The fourth-order valence-electron chi connectivity index (χ4n) is 4.50. The van der Waals surface area contributed by atoms with E-state index in [2.05, 4.69) is 29.1 Å². The second-order valence-electron chi connectivity index (χ2n) is 7.17. The smallest absolute Gasteiger partial charge is 0.0111 e. The minimum atomic E-state index is 0.695. The van der Waals surface area contributed by atoms with Crippen LogP contribution in [0, 0.1) is 5.92 Å². The number of hydrogen-bond donors (Lipinski definition) is 1. The first kappa shape index (κ1) is 13.8. The van der Waals surface area contributed by atoms with Gasteiger partial charge in [0.05, 0.1) is 0 Å². The van der Waals surface area contributed by atoms with Gasteiger partial charge in [-0.25, -0.2) is 0 Å². The molecule has 0 saturated carbocycles. The summed E-state index contributed by atoms with van der Waals surface area (Å²) < 4.78 is 0. The molecule has 3 fully saturated rings. The van der Waals surface area contributed by atoms with E-state index in [0.717, 1.165) is 18.0 Å². The molecule has 110 valence electrons. The number of fused-ring (bicyclic) bond motifs is 1. The molecule has 4 unspecified atom stereocenters. The third kappa shape index (κ3) is 3.32. The van der Waals surface area contributed by atoms with Crippen LogP contribution in [0.4, 0.5) is 0 Å². The lowest BCUT2D eigenvalue weighted by atomic mass is 9.89. The molecule has 1 N–H and O–H groups in total. The summed E-state index contributed by atoms with van der Waals surface area (Å²) in [5.41, 5.74) is 0. The average molecular weight is 265 g/mol. The van der Waals surface area contributed by atoms with Crippen molar-refractivity contribution < 1.29 is 0 Å². The summed E-state index contributed by atoms with van der Waals surface area (Å²) in [4.78, 5) is 5.23. The van der Waals surface area contributed by atoms with Crippen LogP contribution in [0.5, 0.6) is 0 Å². The topological polar surface area (TPSA) is 18.5 Å². The van der Waals surface area contributed by atoms with Crippen molar-refractivity contribution in [2.45, 2.75) is 63.6 Å². The van der Waals surface area contributed by atoms with Crippen molar-refractivity contribution in [1.29, 1.82) is 0 Å². The fraction of sp³-hybridized carbons (Fsp3) is 1.00. The fourth-order valence-corrected chi connectivity index (χ4v) is 4.50. The maximum absolute atomic E-state index is 3.97. The van der Waals surface area contributed by atoms with Gasteiger partial charge in [-0.05, 0) is 78.0 Å². The van der Waals surface area contributed by atoms with Gasteiger partial charge in [0.25, 0.3) is 0 Å². The van der Waals surface area contributed by atoms with Crippen molar-refractivity contribution in [2.24, 2.45) is 5.92 Å². The summed E-state index contributed by atoms with van der Waals surface area (Å²) >= 11 is 0. The largest absolute Gasteiger partial charge is 0.311 e. The van der Waals surface area contributed by atoms with Crippen LogP contribution < -0.4 is 5.32 Å². The van der Waals surface area contributed by atoms with Crippen LogP contribution in [0.25, 0.3) is 0 Å². The second-order valence-corrected chi connectivity index (χ2v) is 7.17. The van der Waals surface area contributed by atoms with E-state index < -0.39 is 0 Å². The van der Waals surface area contributed by atoms with Crippen molar-refractivity contribution in [1.82, 2.24) is 15.1 Å². The van der Waals surface area contributed by atoms with E-state index in [4.69, 9.17) is 0 Å². The van der Waals surface area contributed by atoms with Gasteiger partial charge in [0.15, 0.2) is 0 Å². The maximum Gasteiger partial charge on any atom is 0.0111 e. The molecule has 4 atom stereocenters. The van der Waals surface area contributed by atoms with E-state index in [9.17, 15) is 0 Å². The highest BCUT2D eigenvalue weighted by atomic mass is 15.2. The Morgan fingerprint density at radius 1 is 1.05 bits per heavy atom. The summed E-state index contributed by atoms with van der Waals surface area (Å²) in [5.74, 6) is 0.861. The molecule has 3 heterocycles. The summed E-state index contributed by atoms with van der Waals surface area (Å²) in [5, 5.41) is 3.97. The van der Waals surface area contributed by atoms with Gasteiger partial charge in [0.1, 0.15) is 0 Å². The van der Waals surface area contributed by atoms with Crippen LogP contribution in [0.1, 0.15) is 45.4 Å². The molecule has 0 amide bonds. The Balaban J connectivity index is 1.47. The number of rotatable bonds is 3. The summed E-state index contributed by atoms with van der Waals surface area (Å²) in [7, 11) is 2.27.